The zero-order chi connectivity index (χ0) is 13.2. The molecule has 1 aromatic rings. The first-order valence-electron chi connectivity index (χ1n) is 4.81. The van der Waals surface area contributed by atoms with Crippen molar-refractivity contribution in [3.8, 4) is 0 Å². The van der Waals surface area contributed by atoms with Gasteiger partial charge in [0, 0.05) is 15.3 Å². The molecule has 0 aliphatic carbocycles. The highest BCUT2D eigenvalue weighted by Crippen LogP contribution is 2.23. The lowest BCUT2D eigenvalue weighted by Crippen LogP contribution is -2.37. The van der Waals surface area contributed by atoms with Gasteiger partial charge in [0.25, 0.3) is 0 Å². The molecule has 0 heterocycles. The number of hydrogen-bond donors (Lipinski definition) is 1. The Kier molecular flexibility index (Phi) is 4.43. The van der Waals surface area contributed by atoms with Gasteiger partial charge in [0.05, 0.1) is 5.75 Å². The summed E-state index contributed by atoms with van der Waals surface area (Å²) in [7, 11) is -1.58. The molecule has 0 aliphatic heterocycles. The van der Waals surface area contributed by atoms with E-state index in [2.05, 4.69) is 15.9 Å². The minimum Gasteiger partial charge on any atom is -0.480 e. The van der Waals surface area contributed by atoms with Crippen LogP contribution in [0.25, 0.3) is 0 Å². The first kappa shape index (κ1) is 14.3. The Labute approximate surface area is 110 Å². The van der Waals surface area contributed by atoms with Gasteiger partial charge in [-0.25, -0.2) is 4.39 Å². The number of benzene rings is 1. The van der Waals surface area contributed by atoms with Crippen LogP contribution < -0.4 is 0 Å². The van der Waals surface area contributed by atoms with Crippen molar-refractivity contribution in [2.24, 2.45) is 0 Å². The van der Waals surface area contributed by atoms with Gasteiger partial charge in [-0.3, -0.25) is 9.00 Å². The number of rotatable bonds is 4. The summed E-state index contributed by atoms with van der Waals surface area (Å²) in [4.78, 5) is 10.9. The minimum absolute atomic E-state index is 0.0696. The van der Waals surface area contributed by atoms with Crippen LogP contribution in [0.4, 0.5) is 4.39 Å². The summed E-state index contributed by atoms with van der Waals surface area (Å²) in [6.45, 7) is 2.81. The smallest absolute Gasteiger partial charge is 0.321 e. The van der Waals surface area contributed by atoms with Crippen LogP contribution in [0.3, 0.4) is 0 Å². The second-order valence-electron chi connectivity index (χ2n) is 4.04. The van der Waals surface area contributed by atoms with Gasteiger partial charge in [-0.15, -0.1) is 0 Å². The fraction of sp³-hybridized carbons (Fsp3) is 0.364. The van der Waals surface area contributed by atoms with E-state index in [1.807, 2.05) is 0 Å². The van der Waals surface area contributed by atoms with Gasteiger partial charge in [0.15, 0.2) is 0 Å². The van der Waals surface area contributed by atoms with Crippen molar-refractivity contribution in [2.75, 3.05) is 0 Å². The Morgan fingerprint density at radius 2 is 2.12 bits per heavy atom. The molecule has 1 N–H and O–H groups in total. The zero-order valence-electron chi connectivity index (χ0n) is 9.37. The molecule has 0 saturated carbocycles. The third-order valence-corrected chi connectivity index (χ3v) is 5.01. The quantitative estimate of drug-likeness (QED) is 0.927. The van der Waals surface area contributed by atoms with E-state index < -0.39 is 27.3 Å². The van der Waals surface area contributed by atoms with Crippen molar-refractivity contribution in [3.05, 3.63) is 34.1 Å². The van der Waals surface area contributed by atoms with Crippen LogP contribution in [0.2, 0.25) is 0 Å². The van der Waals surface area contributed by atoms with Crippen LogP contribution in [0.15, 0.2) is 22.7 Å². The number of carboxylic acid groups (broad SMARTS) is 1. The molecule has 0 fully saturated rings. The Bertz CT molecular complexity index is 474. The maximum Gasteiger partial charge on any atom is 0.321 e. The summed E-state index contributed by atoms with van der Waals surface area (Å²) in [5, 5.41) is 8.94. The molecule has 0 bridgehead atoms. The highest BCUT2D eigenvalue weighted by Gasteiger charge is 2.34. The molecule has 6 heteroatoms. The van der Waals surface area contributed by atoms with E-state index in [0.717, 1.165) is 0 Å². The average molecular weight is 323 g/mol. The normalized spacial score (nSPS) is 13.4. The number of halogens is 2. The Hall–Kier alpha value is -0.750. The molecule has 3 nitrogen and oxygen atoms in total. The van der Waals surface area contributed by atoms with Gasteiger partial charge in [-0.2, -0.15) is 0 Å². The molecule has 94 valence electrons. The number of carboxylic acids is 1. The van der Waals surface area contributed by atoms with Crippen molar-refractivity contribution >= 4 is 32.7 Å². The van der Waals surface area contributed by atoms with Crippen molar-refractivity contribution in [1.82, 2.24) is 0 Å². The van der Waals surface area contributed by atoms with Crippen LogP contribution in [-0.2, 0) is 21.3 Å². The summed E-state index contributed by atoms with van der Waals surface area (Å²) in [6, 6.07) is 4.01. The van der Waals surface area contributed by atoms with Crippen LogP contribution in [0.5, 0.6) is 0 Å². The number of carbonyl (C=O) groups is 1. The summed E-state index contributed by atoms with van der Waals surface area (Å²) < 4.78 is 23.9. The monoisotopic (exact) mass is 322 g/mol. The zero-order valence-corrected chi connectivity index (χ0v) is 11.8. The van der Waals surface area contributed by atoms with Crippen LogP contribution in [0.1, 0.15) is 19.4 Å². The molecule has 1 aromatic carbocycles. The van der Waals surface area contributed by atoms with Gasteiger partial charge >= 0.3 is 5.97 Å². The second-order valence-corrected chi connectivity index (χ2v) is 6.90. The summed E-state index contributed by atoms with van der Waals surface area (Å²) in [5.41, 5.74) is 0.624. The summed E-state index contributed by atoms with van der Waals surface area (Å²) >= 11 is 3.16. The van der Waals surface area contributed by atoms with Gasteiger partial charge in [-0.1, -0.05) is 22.0 Å². The van der Waals surface area contributed by atoms with E-state index >= 15 is 0 Å². The molecule has 0 aromatic heterocycles. The minimum atomic E-state index is -1.58. The van der Waals surface area contributed by atoms with E-state index in [1.54, 1.807) is 0 Å². The predicted molar refractivity (Wildman–Crippen MR) is 67.7 cm³/mol. The summed E-state index contributed by atoms with van der Waals surface area (Å²) in [5.74, 6) is -1.45. The second kappa shape index (κ2) is 5.27. The molecule has 0 saturated heterocycles. The molecule has 0 aliphatic rings. The Morgan fingerprint density at radius 1 is 1.53 bits per heavy atom. The van der Waals surface area contributed by atoms with E-state index in [4.69, 9.17) is 5.11 Å². The third-order valence-electron chi connectivity index (χ3n) is 2.39. The fourth-order valence-electron chi connectivity index (χ4n) is 1.06. The van der Waals surface area contributed by atoms with E-state index in [-0.39, 0.29) is 5.75 Å². The Balaban J connectivity index is 2.92. The maximum absolute atomic E-state index is 12.8. The lowest BCUT2D eigenvalue weighted by Gasteiger charge is -2.18. The molecular formula is C11H12BrFO3S. The lowest BCUT2D eigenvalue weighted by atomic mass is 10.2. The Morgan fingerprint density at radius 3 is 2.59 bits per heavy atom. The van der Waals surface area contributed by atoms with E-state index in [1.165, 1.54) is 32.0 Å². The highest BCUT2D eigenvalue weighted by atomic mass is 79.9. The van der Waals surface area contributed by atoms with Gasteiger partial charge in [0.1, 0.15) is 10.6 Å². The number of aliphatic carboxylic acids is 1. The number of hydrogen-bond acceptors (Lipinski definition) is 2. The van der Waals surface area contributed by atoms with Crippen LogP contribution in [0, 0.1) is 5.82 Å². The van der Waals surface area contributed by atoms with Gasteiger partial charge in [0.2, 0.25) is 0 Å². The van der Waals surface area contributed by atoms with Crippen molar-refractivity contribution in [1.29, 1.82) is 0 Å². The van der Waals surface area contributed by atoms with Crippen molar-refractivity contribution < 1.29 is 18.5 Å². The molecule has 1 atom stereocenters. The maximum atomic E-state index is 12.8. The largest absolute Gasteiger partial charge is 0.480 e. The molecule has 0 amide bonds. The predicted octanol–water partition coefficient (Wildman–Crippen LogP) is 2.70. The molecule has 0 radical (unpaired) electrons. The molecule has 17 heavy (non-hydrogen) atoms. The van der Waals surface area contributed by atoms with E-state index in [0.29, 0.717) is 10.0 Å². The topological polar surface area (TPSA) is 54.4 Å². The third kappa shape index (κ3) is 3.35. The van der Waals surface area contributed by atoms with Crippen molar-refractivity contribution in [3.63, 3.8) is 0 Å². The van der Waals surface area contributed by atoms with E-state index in [9.17, 15) is 13.4 Å². The molecule has 1 rings (SSSR count). The fourth-order valence-corrected chi connectivity index (χ4v) is 2.82. The molecular weight excluding hydrogens is 311 g/mol. The van der Waals surface area contributed by atoms with Gasteiger partial charge < -0.3 is 5.11 Å². The lowest BCUT2D eigenvalue weighted by molar-refractivity contribution is -0.139. The van der Waals surface area contributed by atoms with Crippen LogP contribution >= 0.6 is 15.9 Å². The van der Waals surface area contributed by atoms with Gasteiger partial charge in [-0.05, 0) is 31.5 Å². The molecule has 1 unspecified atom stereocenters. The first-order chi connectivity index (χ1) is 7.75. The van der Waals surface area contributed by atoms with Crippen LogP contribution in [-0.4, -0.2) is 20.0 Å². The standard InChI is InChI=1S/C11H12BrFO3S/c1-11(2,10(14)15)17(16)6-7-3-4-8(13)5-9(7)12/h3-5H,6H2,1-2H3,(H,14,15). The SMILES string of the molecule is CC(C)(C(=O)O)S(=O)Cc1ccc(F)cc1Br. The van der Waals surface area contributed by atoms with Crippen molar-refractivity contribution in [2.45, 2.75) is 24.3 Å². The molecule has 0 spiro atoms. The summed E-state index contributed by atoms with van der Waals surface area (Å²) in [6.07, 6.45) is 0. The average Bonchev–Trinajstić information content (AvgIpc) is 2.21. The highest BCUT2D eigenvalue weighted by molar-refractivity contribution is 9.10. The first-order valence-corrected chi connectivity index (χ1v) is 6.92.